The molecule has 0 spiro atoms. The molecule has 3 aromatic rings. The number of sulfone groups is 1. The highest BCUT2D eigenvalue weighted by Crippen LogP contribution is 2.23. The van der Waals surface area contributed by atoms with E-state index in [1.165, 1.54) is 48.5 Å². The smallest absolute Gasteiger partial charge is 0.255 e. The van der Waals surface area contributed by atoms with Gasteiger partial charge in [0, 0.05) is 16.3 Å². The van der Waals surface area contributed by atoms with Crippen LogP contribution < -0.4 is 5.32 Å². The normalized spacial score (nSPS) is 11.1. The summed E-state index contributed by atoms with van der Waals surface area (Å²) in [5.74, 6) is -0.304. The van der Waals surface area contributed by atoms with Crippen LogP contribution in [-0.4, -0.2) is 14.3 Å². The third kappa shape index (κ3) is 3.90. The van der Waals surface area contributed by atoms with Crippen LogP contribution in [0.5, 0.6) is 0 Å². The van der Waals surface area contributed by atoms with Gasteiger partial charge < -0.3 is 5.32 Å². The first-order valence-corrected chi connectivity index (χ1v) is 9.30. The van der Waals surface area contributed by atoms with Crippen LogP contribution in [0.25, 0.3) is 0 Å². The highest BCUT2D eigenvalue weighted by atomic mass is 35.5. The molecule has 0 radical (unpaired) electrons. The second kappa shape index (κ2) is 7.09. The summed E-state index contributed by atoms with van der Waals surface area (Å²) in [6.07, 6.45) is 0. The largest absolute Gasteiger partial charge is 0.322 e. The van der Waals surface area contributed by atoms with E-state index in [0.717, 1.165) is 0 Å². The van der Waals surface area contributed by atoms with Crippen molar-refractivity contribution in [2.24, 2.45) is 0 Å². The molecule has 0 aliphatic heterocycles. The van der Waals surface area contributed by atoms with E-state index in [2.05, 4.69) is 5.32 Å². The third-order valence-corrected chi connectivity index (χ3v) is 5.62. The number of carbonyl (C=O) groups is 1. The summed E-state index contributed by atoms with van der Waals surface area (Å²) < 4.78 is 25.1. The first kappa shape index (κ1) is 17.2. The highest BCUT2D eigenvalue weighted by Gasteiger charge is 2.18. The number of anilines is 1. The van der Waals surface area contributed by atoms with Crippen molar-refractivity contribution in [2.45, 2.75) is 9.79 Å². The van der Waals surface area contributed by atoms with Crippen molar-refractivity contribution in [2.75, 3.05) is 5.32 Å². The lowest BCUT2D eigenvalue weighted by atomic mass is 10.2. The molecule has 0 heterocycles. The van der Waals surface area contributed by atoms with Crippen LogP contribution in [0.1, 0.15) is 10.4 Å². The zero-order valence-electron chi connectivity index (χ0n) is 13.0. The first-order valence-electron chi connectivity index (χ1n) is 7.44. The Morgan fingerprint density at radius 3 is 1.84 bits per heavy atom. The summed E-state index contributed by atoms with van der Waals surface area (Å²) in [5, 5.41) is 3.22. The molecule has 0 atom stereocenters. The van der Waals surface area contributed by atoms with Gasteiger partial charge in [-0.1, -0.05) is 29.8 Å². The van der Waals surface area contributed by atoms with Gasteiger partial charge in [0.2, 0.25) is 9.84 Å². The maximum absolute atomic E-state index is 12.6. The Hall–Kier alpha value is -2.63. The number of hydrogen-bond acceptors (Lipinski definition) is 3. The van der Waals surface area contributed by atoms with Crippen LogP contribution >= 0.6 is 11.6 Å². The average molecular weight is 372 g/mol. The van der Waals surface area contributed by atoms with E-state index < -0.39 is 9.84 Å². The molecule has 6 heteroatoms. The number of hydrogen-bond donors (Lipinski definition) is 1. The molecule has 0 saturated heterocycles. The Morgan fingerprint density at radius 1 is 0.760 bits per heavy atom. The Morgan fingerprint density at radius 2 is 1.28 bits per heavy atom. The molecule has 0 aliphatic carbocycles. The van der Waals surface area contributed by atoms with Crippen molar-refractivity contribution in [1.29, 1.82) is 0 Å². The summed E-state index contributed by atoms with van der Waals surface area (Å²) in [5.41, 5.74) is 1.05. The Kier molecular flexibility index (Phi) is 4.88. The second-order valence-electron chi connectivity index (χ2n) is 5.30. The molecular formula is C19H14ClNO3S. The van der Waals surface area contributed by atoms with Crippen LogP contribution in [0.15, 0.2) is 88.7 Å². The topological polar surface area (TPSA) is 63.2 Å². The fourth-order valence-electron chi connectivity index (χ4n) is 2.26. The van der Waals surface area contributed by atoms with Crippen LogP contribution in [0.4, 0.5) is 5.69 Å². The molecule has 3 aromatic carbocycles. The summed E-state index contributed by atoms with van der Waals surface area (Å²) in [6, 6.07) is 20.8. The van der Waals surface area contributed by atoms with Crippen LogP contribution in [0, 0.1) is 0 Å². The molecular weight excluding hydrogens is 358 g/mol. The van der Waals surface area contributed by atoms with Gasteiger partial charge in [-0.3, -0.25) is 4.79 Å². The maximum Gasteiger partial charge on any atom is 0.255 e. The molecule has 0 fully saturated rings. The predicted octanol–water partition coefficient (Wildman–Crippen LogP) is 4.43. The van der Waals surface area contributed by atoms with Crippen molar-refractivity contribution in [3.63, 3.8) is 0 Å². The molecule has 1 N–H and O–H groups in total. The minimum atomic E-state index is -3.65. The standard InChI is InChI=1S/C19H14ClNO3S/c20-15-8-12-18(13-9-15)25(23,24)17-10-6-14(7-11-17)19(22)21-16-4-2-1-3-5-16/h1-13H,(H,21,22). The monoisotopic (exact) mass is 371 g/mol. The van der Waals surface area contributed by atoms with Gasteiger partial charge in [-0.05, 0) is 60.7 Å². The van der Waals surface area contributed by atoms with Gasteiger partial charge in [-0.2, -0.15) is 0 Å². The van der Waals surface area contributed by atoms with E-state index in [-0.39, 0.29) is 15.7 Å². The molecule has 0 aromatic heterocycles. The van der Waals surface area contributed by atoms with Gasteiger partial charge in [-0.25, -0.2) is 8.42 Å². The lowest BCUT2D eigenvalue weighted by molar-refractivity contribution is 0.102. The maximum atomic E-state index is 12.6. The second-order valence-corrected chi connectivity index (χ2v) is 7.69. The molecule has 0 bridgehead atoms. The van der Waals surface area contributed by atoms with Crippen molar-refractivity contribution in [1.82, 2.24) is 0 Å². The van der Waals surface area contributed by atoms with Crippen molar-refractivity contribution >= 4 is 33.0 Å². The zero-order chi connectivity index (χ0) is 17.9. The minimum absolute atomic E-state index is 0.117. The van der Waals surface area contributed by atoms with Crippen molar-refractivity contribution in [3.05, 3.63) is 89.4 Å². The quantitative estimate of drug-likeness (QED) is 0.738. The zero-order valence-corrected chi connectivity index (χ0v) is 14.6. The molecule has 4 nitrogen and oxygen atoms in total. The summed E-state index contributed by atoms with van der Waals surface area (Å²) in [6.45, 7) is 0. The van der Waals surface area contributed by atoms with E-state index in [1.807, 2.05) is 18.2 Å². The van der Waals surface area contributed by atoms with Gasteiger partial charge >= 0.3 is 0 Å². The van der Waals surface area contributed by atoms with E-state index in [4.69, 9.17) is 11.6 Å². The predicted molar refractivity (Wildman–Crippen MR) is 97.7 cm³/mol. The van der Waals surface area contributed by atoms with Gasteiger partial charge in [0.15, 0.2) is 0 Å². The van der Waals surface area contributed by atoms with Gasteiger partial charge in [0.05, 0.1) is 9.79 Å². The lowest BCUT2D eigenvalue weighted by Crippen LogP contribution is -2.12. The first-order chi connectivity index (χ1) is 12.0. The highest BCUT2D eigenvalue weighted by molar-refractivity contribution is 7.91. The van der Waals surface area contributed by atoms with Gasteiger partial charge in [0.25, 0.3) is 5.91 Å². The SMILES string of the molecule is O=C(Nc1ccccc1)c1ccc(S(=O)(=O)c2ccc(Cl)cc2)cc1. The third-order valence-electron chi connectivity index (χ3n) is 3.58. The Balaban J connectivity index is 1.82. The van der Waals surface area contributed by atoms with E-state index in [0.29, 0.717) is 16.3 Å². The number of benzene rings is 3. The van der Waals surface area contributed by atoms with Crippen molar-refractivity contribution in [3.8, 4) is 0 Å². The summed E-state index contributed by atoms with van der Waals surface area (Å²) >= 11 is 5.79. The van der Waals surface area contributed by atoms with Crippen molar-refractivity contribution < 1.29 is 13.2 Å². The number of rotatable bonds is 4. The average Bonchev–Trinajstić information content (AvgIpc) is 2.63. The number of carbonyl (C=O) groups excluding carboxylic acids is 1. The molecule has 0 saturated carbocycles. The van der Waals surface area contributed by atoms with Gasteiger partial charge in [-0.15, -0.1) is 0 Å². The molecule has 1 amide bonds. The number of nitrogens with one attached hydrogen (secondary N) is 1. The molecule has 0 unspecified atom stereocenters. The minimum Gasteiger partial charge on any atom is -0.322 e. The lowest BCUT2D eigenvalue weighted by Gasteiger charge is -2.07. The number of amides is 1. The van der Waals surface area contributed by atoms with E-state index in [9.17, 15) is 13.2 Å². The summed E-state index contributed by atoms with van der Waals surface area (Å²) in [7, 11) is -3.65. The van der Waals surface area contributed by atoms with Crippen LogP contribution in [-0.2, 0) is 9.84 Å². The molecule has 25 heavy (non-hydrogen) atoms. The number of para-hydroxylation sites is 1. The number of halogens is 1. The summed E-state index contributed by atoms with van der Waals surface area (Å²) in [4.78, 5) is 12.5. The van der Waals surface area contributed by atoms with Gasteiger partial charge in [0.1, 0.15) is 0 Å². The van der Waals surface area contributed by atoms with Crippen LogP contribution in [0.3, 0.4) is 0 Å². The van der Waals surface area contributed by atoms with Crippen LogP contribution in [0.2, 0.25) is 5.02 Å². The Bertz CT molecular complexity index is 983. The molecule has 126 valence electrons. The fraction of sp³-hybridized carbons (Fsp3) is 0. The molecule has 3 rings (SSSR count). The Labute approximate surface area is 151 Å². The van der Waals surface area contributed by atoms with E-state index >= 15 is 0 Å². The fourth-order valence-corrected chi connectivity index (χ4v) is 3.65. The molecule has 0 aliphatic rings. The van der Waals surface area contributed by atoms with E-state index in [1.54, 1.807) is 12.1 Å².